The van der Waals surface area contributed by atoms with E-state index >= 15 is 0 Å². The number of ether oxygens (including phenoxy) is 2. The number of fused-ring (bicyclic) bond motifs is 1. The molecule has 124 valence electrons. The van der Waals surface area contributed by atoms with Gasteiger partial charge in [0.05, 0.1) is 31.2 Å². The van der Waals surface area contributed by atoms with Crippen molar-refractivity contribution in [2.45, 2.75) is 13.5 Å². The van der Waals surface area contributed by atoms with Crippen LogP contribution in [0, 0.1) is 4.77 Å². The van der Waals surface area contributed by atoms with Gasteiger partial charge in [0.1, 0.15) is 0 Å². The zero-order valence-electron chi connectivity index (χ0n) is 13.5. The van der Waals surface area contributed by atoms with Crippen molar-refractivity contribution < 1.29 is 9.47 Å². The van der Waals surface area contributed by atoms with E-state index in [1.54, 1.807) is 17.7 Å². The molecule has 0 spiro atoms. The number of para-hydroxylation sites is 1. The predicted octanol–water partition coefficient (Wildman–Crippen LogP) is 3.51. The largest absolute Gasteiger partial charge is 0.493 e. The number of H-pyrrole nitrogens is 1. The third kappa shape index (κ3) is 3.05. The molecule has 0 amide bonds. The standard InChI is InChI=1S/C18H18N2O3S/c1-3-23-16-10-12(8-9-15(16)22-2)11-20-17(21)13-6-4-5-7-14(13)19-18(20)24/h4-10H,3,11H2,1-2H3,(H,19,24). The molecule has 0 aliphatic heterocycles. The highest BCUT2D eigenvalue weighted by Gasteiger charge is 2.09. The van der Waals surface area contributed by atoms with E-state index in [0.29, 0.717) is 34.8 Å². The molecule has 0 aliphatic carbocycles. The molecule has 5 nitrogen and oxygen atoms in total. The number of aromatic nitrogens is 2. The van der Waals surface area contributed by atoms with Crippen molar-refractivity contribution in [3.63, 3.8) is 0 Å². The van der Waals surface area contributed by atoms with Gasteiger partial charge in [-0.15, -0.1) is 0 Å². The first-order valence-corrected chi connectivity index (χ1v) is 8.06. The first-order valence-electron chi connectivity index (χ1n) is 7.65. The summed E-state index contributed by atoms with van der Waals surface area (Å²) in [5, 5.41) is 0.615. The molecule has 24 heavy (non-hydrogen) atoms. The Labute approximate surface area is 144 Å². The first-order chi connectivity index (χ1) is 11.6. The van der Waals surface area contributed by atoms with E-state index < -0.39 is 0 Å². The molecular weight excluding hydrogens is 324 g/mol. The van der Waals surface area contributed by atoms with E-state index in [9.17, 15) is 4.79 Å². The van der Waals surface area contributed by atoms with Crippen LogP contribution in [0.25, 0.3) is 10.9 Å². The van der Waals surface area contributed by atoms with E-state index in [0.717, 1.165) is 11.1 Å². The number of hydrogen-bond acceptors (Lipinski definition) is 4. The molecule has 0 saturated heterocycles. The normalized spacial score (nSPS) is 10.8. The van der Waals surface area contributed by atoms with E-state index in [-0.39, 0.29) is 5.56 Å². The van der Waals surface area contributed by atoms with E-state index in [1.807, 2.05) is 43.3 Å². The SMILES string of the molecule is CCOc1cc(Cn2c(=S)[nH]c3ccccc3c2=O)ccc1OC. The lowest BCUT2D eigenvalue weighted by atomic mass is 10.2. The maximum Gasteiger partial charge on any atom is 0.262 e. The van der Waals surface area contributed by atoms with Gasteiger partial charge in [0.2, 0.25) is 0 Å². The lowest BCUT2D eigenvalue weighted by molar-refractivity contribution is 0.310. The number of methoxy groups -OCH3 is 1. The third-order valence-electron chi connectivity index (χ3n) is 3.76. The number of rotatable bonds is 5. The van der Waals surface area contributed by atoms with Gasteiger partial charge in [0.15, 0.2) is 16.3 Å². The van der Waals surface area contributed by atoms with Gasteiger partial charge < -0.3 is 14.5 Å². The van der Waals surface area contributed by atoms with Gasteiger partial charge in [-0.25, -0.2) is 0 Å². The minimum atomic E-state index is -0.108. The number of aromatic amines is 1. The molecule has 2 aromatic carbocycles. The fourth-order valence-corrected chi connectivity index (χ4v) is 2.87. The zero-order valence-corrected chi connectivity index (χ0v) is 14.4. The van der Waals surface area contributed by atoms with Crippen LogP contribution >= 0.6 is 12.2 Å². The van der Waals surface area contributed by atoms with E-state index in [1.165, 1.54) is 0 Å². The van der Waals surface area contributed by atoms with Crippen molar-refractivity contribution in [2.24, 2.45) is 0 Å². The monoisotopic (exact) mass is 342 g/mol. The quantitative estimate of drug-likeness (QED) is 0.721. The van der Waals surface area contributed by atoms with Crippen LogP contribution in [0.1, 0.15) is 12.5 Å². The van der Waals surface area contributed by atoms with Gasteiger partial charge in [0, 0.05) is 0 Å². The molecule has 1 N–H and O–H groups in total. The molecule has 1 aromatic heterocycles. The minimum Gasteiger partial charge on any atom is -0.493 e. The van der Waals surface area contributed by atoms with Crippen molar-refractivity contribution in [2.75, 3.05) is 13.7 Å². The van der Waals surface area contributed by atoms with Crippen molar-refractivity contribution >= 4 is 23.1 Å². The summed E-state index contributed by atoms with van der Waals surface area (Å²) in [7, 11) is 1.60. The minimum absolute atomic E-state index is 0.108. The molecule has 1 heterocycles. The summed E-state index contributed by atoms with van der Waals surface area (Å²) in [6.07, 6.45) is 0. The van der Waals surface area contributed by atoms with Gasteiger partial charge in [0.25, 0.3) is 5.56 Å². The second-order valence-corrected chi connectivity index (χ2v) is 5.67. The Kier molecular flexibility index (Phi) is 4.66. The number of nitrogens with zero attached hydrogens (tertiary/aromatic N) is 1. The lowest BCUT2D eigenvalue weighted by Gasteiger charge is -2.12. The van der Waals surface area contributed by atoms with E-state index in [2.05, 4.69) is 4.98 Å². The highest BCUT2D eigenvalue weighted by molar-refractivity contribution is 7.71. The predicted molar refractivity (Wildman–Crippen MR) is 96.7 cm³/mol. The van der Waals surface area contributed by atoms with Crippen molar-refractivity contribution in [1.82, 2.24) is 9.55 Å². The van der Waals surface area contributed by atoms with Gasteiger partial charge in [-0.05, 0) is 49.0 Å². The van der Waals surface area contributed by atoms with Crippen molar-refractivity contribution in [1.29, 1.82) is 0 Å². The Bertz CT molecular complexity index is 991. The highest BCUT2D eigenvalue weighted by Crippen LogP contribution is 2.28. The number of hydrogen-bond donors (Lipinski definition) is 1. The molecule has 0 unspecified atom stereocenters. The Balaban J connectivity index is 2.06. The topological polar surface area (TPSA) is 56.2 Å². The van der Waals surface area contributed by atoms with Gasteiger partial charge in [-0.2, -0.15) is 0 Å². The van der Waals surface area contributed by atoms with Crippen LogP contribution in [-0.2, 0) is 6.54 Å². The van der Waals surface area contributed by atoms with Crippen LogP contribution in [0.4, 0.5) is 0 Å². The van der Waals surface area contributed by atoms with Crippen LogP contribution in [0.5, 0.6) is 11.5 Å². The van der Waals surface area contributed by atoms with Crippen LogP contribution in [0.15, 0.2) is 47.3 Å². The molecule has 0 aliphatic rings. The van der Waals surface area contributed by atoms with Gasteiger partial charge >= 0.3 is 0 Å². The Hall–Kier alpha value is -2.60. The Morgan fingerprint density at radius 1 is 1.17 bits per heavy atom. The maximum atomic E-state index is 12.7. The maximum absolute atomic E-state index is 12.7. The molecule has 0 fully saturated rings. The fourth-order valence-electron chi connectivity index (χ4n) is 2.61. The van der Waals surface area contributed by atoms with Gasteiger partial charge in [-0.1, -0.05) is 18.2 Å². The number of benzene rings is 2. The summed E-state index contributed by atoms with van der Waals surface area (Å²) in [6, 6.07) is 13.0. The molecule has 0 radical (unpaired) electrons. The summed E-state index contributed by atoms with van der Waals surface area (Å²) in [5.74, 6) is 1.32. The van der Waals surface area contributed by atoms with Crippen LogP contribution in [0.3, 0.4) is 0 Å². The second-order valence-electron chi connectivity index (χ2n) is 5.29. The molecule has 0 atom stereocenters. The Morgan fingerprint density at radius 2 is 1.96 bits per heavy atom. The van der Waals surface area contributed by atoms with Crippen LogP contribution in [-0.4, -0.2) is 23.3 Å². The van der Waals surface area contributed by atoms with Crippen molar-refractivity contribution in [3.8, 4) is 11.5 Å². The summed E-state index contributed by atoms with van der Waals surface area (Å²) >= 11 is 5.35. The summed E-state index contributed by atoms with van der Waals surface area (Å²) in [4.78, 5) is 15.8. The lowest BCUT2D eigenvalue weighted by Crippen LogP contribution is -2.22. The molecule has 3 aromatic rings. The van der Waals surface area contributed by atoms with Crippen LogP contribution < -0.4 is 15.0 Å². The van der Waals surface area contributed by atoms with Crippen LogP contribution in [0.2, 0.25) is 0 Å². The third-order valence-corrected chi connectivity index (χ3v) is 4.08. The average molecular weight is 342 g/mol. The summed E-state index contributed by atoms with van der Waals surface area (Å²) in [6.45, 7) is 2.81. The summed E-state index contributed by atoms with van der Waals surface area (Å²) in [5.41, 5.74) is 1.55. The smallest absolute Gasteiger partial charge is 0.262 e. The van der Waals surface area contributed by atoms with Crippen molar-refractivity contribution in [3.05, 3.63) is 63.2 Å². The molecule has 0 saturated carbocycles. The van der Waals surface area contributed by atoms with Gasteiger partial charge in [-0.3, -0.25) is 9.36 Å². The first kappa shape index (κ1) is 16.3. The molecule has 3 rings (SSSR count). The van der Waals surface area contributed by atoms with E-state index in [4.69, 9.17) is 21.7 Å². The summed E-state index contributed by atoms with van der Waals surface area (Å²) < 4.78 is 12.8. The number of nitrogens with one attached hydrogen (secondary N) is 1. The Morgan fingerprint density at radius 3 is 2.71 bits per heavy atom. The molecule has 0 bridgehead atoms. The highest BCUT2D eigenvalue weighted by atomic mass is 32.1. The second kappa shape index (κ2) is 6.88. The fraction of sp³-hybridized carbons (Fsp3) is 0.222. The average Bonchev–Trinajstić information content (AvgIpc) is 2.59. The molecular formula is C18H18N2O3S. The molecule has 6 heteroatoms. The zero-order chi connectivity index (χ0) is 17.1.